The molecule has 1 aromatic heterocycles. The molecule has 0 radical (unpaired) electrons. The monoisotopic (exact) mass is 991 g/mol. The number of aliphatic hydroxyl groups is 1. The molecule has 2 aliphatic heterocycles. The Morgan fingerprint density at radius 2 is 1.01 bits per heavy atom. The van der Waals surface area contributed by atoms with E-state index >= 15 is 8.78 Å². The van der Waals surface area contributed by atoms with Crippen LogP contribution in [0.1, 0.15) is 107 Å². The number of benzene rings is 2. The summed E-state index contributed by atoms with van der Waals surface area (Å²) in [5.74, 6) is -1.09. The highest BCUT2D eigenvalue weighted by atomic mass is 19.1. The van der Waals surface area contributed by atoms with Crippen molar-refractivity contribution in [2.24, 2.45) is 9.98 Å². The van der Waals surface area contributed by atoms with Crippen LogP contribution in [0.3, 0.4) is 0 Å². The molecule has 0 bridgehead atoms. The van der Waals surface area contributed by atoms with Crippen LogP contribution in [0.4, 0.5) is 28.0 Å². The zero-order valence-electron chi connectivity index (χ0n) is 42.7. The van der Waals surface area contributed by atoms with Crippen molar-refractivity contribution in [3.63, 3.8) is 0 Å². The highest BCUT2D eigenvalue weighted by Gasteiger charge is 2.28. The molecule has 2 aromatic carbocycles. The maximum absolute atomic E-state index is 16.3. The maximum atomic E-state index is 16.3. The Labute approximate surface area is 413 Å². The number of guanidine groups is 2. The lowest BCUT2D eigenvalue weighted by Crippen LogP contribution is -2.48. The van der Waals surface area contributed by atoms with E-state index in [4.69, 9.17) is 23.7 Å². The lowest BCUT2D eigenvalue weighted by Gasteiger charge is -2.30. The van der Waals surface area contributed by atoms with Gasteiger partial charge >= 0.3 is 24.4 Å². The first-order valence-electron chi connectivity index (χ1n) is 23.3. The molecule has 21 heteroatoms. The van der Waals surface area contributed by atoms with E-state index in [2.05, 4.69) is 30.8 Å². The summed E-state index contributed by atoms with van der Waals surface area (Å²) in [6.07, 6.45) is 1.08. The maximum Gasteiger partial charge on any atom is 0.437 e. The van der Waals surface area contributed by atoms with Crippen LogP contribution in [0.5, 0.6) is 0 Å². The van der Waals surface area contributed by atoms with Crippen molar-refractivity contribution in [2.75, 3.05) is 46.0 Å². The van der Waals surface area contributed by atoms with Gasteiger partial charge in [0.25, 0.3) is 0 Å². The quantitative estimate of drug-likeness (QED) is 0.0790. The fourth-order valence-electron chi connectivity index (χ4n) is 7.16. The molecule has 3 aromatic rings. The number of ether oxygens (including phenoxy) is 5. The third kappa shape index (κ3) is 17.0. The Morgan fingerprint density at radius 1 is 0.620 bits per heavy atom. The molecular formula is C50H67F2N9O10. The van der Waals surface area contributed by atoms with Crippen LogP contribution in [0, 0.1) is 11.6 Å². The van der Waals surface area contributed by atoms with E-state index < -0.39 is 58.4 Å². The van der Waals surface area contributed by atoms with Gasteiger partial charge in [-0.05, 0) is 142 Å². The number of hydrogen-bond donors (Lipinski definition) is 3. The van der Waals surface area contributed by atoms with Gasteiger partial charge in [0.05, 0.1) is 30.9 Å². The number of halogens is 2. The standard InChI is InChI=1S/C50H67F2N9O10/c1-47(2,3)68-43(63)53-41(54-44(64)69-48(4,5)6)59-21-17-31(18-22-59)33-13-15-35(37(51)29-33)39-57-58-40(61(39)25-27-67-28-26-62)36-16-14-34(30-38(36)52)32-19-23-60(24-20-32)42(55-45(65)70-49(7,8)9)56-46(66)71-50(10,11)12/h13-17,19,29-30,62H,18,20-28H2,1-12H3,(H,53,54,63,64)(H,55,56,65,66). The minimum Gasteiger partial charge on any atom is -0.444 e. The van der Waals surface area contributed by atoms with E-state index in [1.54, 1.807) is 122 Å². The smallest absolute Gasteiger partial charge is 0.437 e. The van der Waals surface area contributed by atoms with Crippen molar-refractivity contribution < 1.29 is 56.7 Å². The van der Waals surface area contributed by atoms with Crippen LogP contribution in [-0.2, 0) is 30.2 Å². The van der Waals surface area contributed by atoms with E-state index in [9.17, 15) is 24.3 Å². The largest absolute Gasteiger partial charge is 0.444 e. The SMILES string of the molecule is CC(C)(C)OC(=O)/N=C(/NC(=O)OC(C)(C)C)N1CC=C(c2ccc(-c3nnc(-c4ccc(C5=CCN(/C(=N\C(=O)OC(C)(C)C)NC(=O)OC(C)(C)C)CC5)cc4F)n3CCOCCO)c(F)c2)CC1. The number of hydrogen-bond acceptors (Lipinski definition) is 12. The zero-order valence-corrected chi connectivity index (χ0v) is 42.7. The van der Waals surface area contributed by atoms with E-state index in [1.165, 1.54) is 12.1 Å². The molecule has 2 aliphatic rings. The number of rotatable bonds is 9. The van der Waals surface area contributed by atoms with Crippen molar-refractivity contribution in [1.82, 2.24) is 35.2 Å². The van der Waals surface area contributed by atoms with Gasteiger partial charge in [-0.2, -0.15) is 0 Å². The van der Waals surface area contributed by atoms with Crippen molar-refractivity contribution in [3.05, 3.63) is 71.3 Å². The summed E-state index contributed by atoms with van der Waals surface area (Å²) >= 11 is 0. The van der Waals surface area contributed by atoms with Crippen molar-refractivity contribution in [1.29, 1.82) is 0 Å². The number of carbonyl (C=O) groups excluding carboxylic acids is 4. The number of nitrogens with zero attached hydrogens (tertiary/aromatic N) is 7. The highest BCUT2D eigenvalue weighted by Crippen LogP contribution is 2.33. The van der Waals surface area contributed by atoms with Crippen molar-refractivity contribution >= 4 is 47.4 Å². The van der Waals surface area contributed by atoms with Gasteiger partial charge in [0.2, 0.25) is 11.9 Å². The van der Waals surface area contributed by atoms with Gasteiger partial charge in [-0.25, -0.2) is 28.0 Å². The molecule has 19 nitrogen and oxygen atoms in total. The van der Waals surface area contributed by atoms with Gasteiger partial charge in [-0.3, -0.25) is 10.6 Å². The topological polar surface area (TPSA) is 221 Å². The molecule has 3 heterocycles. The molecule has 0 unspecified atom stereocenters. The van der Waals surface area contributed by atoms with Gasteiger partial charge < -0.3 is 43.2 Å². The average Bonchev–Trinajstić information content (AvgIpc) is 3.65. The van der Waals surface area contributed by atoms with Crippen LogP contribution >= 0.6 is 0 Å². The summed E-state index contributed by atoms with van der Waals surface area (Å²) in [6, 6.07) is 9.37. The molecule has 0 saturated carbocycles. The van der Waals surface area contributed by atoms with E-state index in [0.717, 1.165) is 11.1 Å². The summed E-state index contributed by atoms with van der Waals surface area (Å²) < 4.78 is 61.2. The molecule has 0 spiro atoms. The molecule has 0 fully saturated rings. The Kier molecular flexibility index (Phi) is 17.9. The van der Waals surface area contributed by atoms with Gasteiger partial charge in [0.15, 0.2) is 11.6 Å². The minimum atomic E-state index is -0.894. The molecular weight excluding hydrogens is 925 g/mol. The van der Waals surface area contributed by atoms with Gasteiger partial charge in [-0.15, -0.1) is 20.2 Å². The normalized spacial score (nSPS) is 15.1. The van der Waals surface area contributed by atoms with Crippen LogP contribution < -0.4 is 10.6 Å². The Morgan fingerprint density at radius 3 is 1.34 bits per heavy atom. The Balaban J connectivity index is 1.38. The number of alkyl carbamates (subject to hydrolysis) is 2. The molecule has 386 valence electrons. The van der Waals surface area contributed by atoms with Gasteiger partial charge in [0, 0.05) is 32.7 Å². The number of aliphatic imine (C=N–C) groups is 2. The summed E-state index contributed by atoms with van der Waals surface area (Å²) in [7, 11) is 0. The highest BCUT2D eigenvalue weighted by molar-refractivity contribution is 6.00. The van der Waals surface area contributed by atoms with Gasteiger partial charge in [-0.1, -0.05) is 24.3 Å². The average molecular weight is 992 g/mol. The first-order valence-corrected chi connectivity index (χ1v) is 23.3. The lowest BCUT2D eigenvalue weighted by molar-refractivity contribution is 0.0536. The number of aliphatic hydroxyl groups excluding tert-OH is 1. The summed E-state index contributed by atoms with van der Waals surface area (Å²) in [6.45, 7) is 21.5. The second-order valence-corrected chi connectivity index (χ2v) is 20.7. The zero-order chi connectivity index (χ0) is 52.5. The fraction of sp³-hybridized carbons (Fsp3) is 0.520. The van der Waals surface area contributed by atoms with Crippen molar-refractivity contribution in [3.8, 4) is 22.8 Å². The lowest BCUT2D eigenvalue weighted by atomic mass is 9.97. The van der Waals surface area contributed by atoms with Crippen LogP contribution in [-0.4, -0.2) is 134 Å². The molecule has 5 rings (SSSR count). The molecule has 4 amide bonds. The molecule has 0 atom stereocenters. The molecule has 3 N–H and O–H groups in total. The number of carbonyl (C=O) groups is 4. The summed E-state index contributed by atoms with van der Waals surface area (Å²) in [5.41, 5.74) is -0.287. The second kappa shape index (κ2) is 23.0. The third-order valence-corrected chi connectivity index (χ3v) is 10.0. The van der Waals surface area contributed by atoms with Crippen LogP contribution in [0.2, 0.25) is 0 Å². The molecule has 0 saturated heterocycles. The molecule has 71 heavy (non-hydrogen) atoms. The predicted molar refractivity (Wildman–Crippen MR) is 263 cm³/mol. The summed E-state index contributed by atoms with van der Waals surface area (Å²) in [4.78, 5) is 62.3. The van der Waals surface area contributed by atoms with E-state index in [0.29, 0.717) is 37.1 Å². The molecule has 0 aliphatic carbocycles. The first-order chi connectivity index (χ1) is 33.1. The fourth-order valence-corrected chi connectivity index (χ4v) is 7.16. The second-order valence-electron chi connectivity index (χ2n) is 20.7. The Bertz CT molecular complexity index is 2400. The number of nitrogens with one attached hydrogen (secondary N) is 2. The first kappa shape index (κ1) is 55.2. The van der Waals surface area contributed by atoms with E-state index in [1.807, 2.05) is 12.2 Å². The van der Waals surface area contributed by atoms with Crippen molar-refractivity contribution in [2.45, 2.75) is 125 Å². The summed E-state index contributed by atoms with van der Waals surface area (Å²) in [5, 5.41) is 23.1. The van der Waals surface area contributed by atoms with E-state index in [-0.39, 0.29) is 74.1 Å². The predicted octanol–water partition coefficient (Wildman–Crippen LogP) is 8.71. The van der Waals surface area contributed by atoms with Crippen LogP contribution in [0.15, 0.2) is 58.5 Å². The van der Waals surface area contributed by atoms with Gasteiger partial charge in [0.1, 0.15) is 34.0 Å². The third-order valence-electron chi connectivity index (χ3n) is 10.0. The van der Waals surface area contributed by atoms with Crippen LogP contribution in [0.25, 0.3) is 33.9 Å². The number of amides is 4. The number of aromatic nitrogens is 3. The Hall–Kier alpha value is -6.74. The minimum absolute atomic E-state index is 0.0504.